The van der Waals surface area contributed by atoms with Crippen molar-refractivity contribution in [2.75, 3.05) is 5.32 Å². The molecule has 2 atom stereocenters. The number of rotatable bonds is 6. The van der Waals surface area contributed by atoms with E-state index in [1.807, 2.05) is 5.32 Å². The third-order valence-corrected chi connectivity index (χ3v) is 9.00. The van der Waals surface area contributed by atoms with Gasteiger partial charge in [0.1, 0.15) is 28.6 Å². The van der Waals surface area contributed by atoms with Gasteiger partial charge in [0.2, 0.25) is 5.82 Å². The Morgan fingerprint density at radius 3 is 2.00 bits per heavy atom. The van der Waals surface area contributed by atoms with Crippen LogP contribution in [0.25, 0.3) is 0 Å². The number of anilines is 1. The van der Waals surface area contributed by atoms with Crippen LogP contribution in [-0.2, 0) is 23.8 Å². The molecule has 2 heterocycles. The molecular weight excluding hydrogens is 687 g/mol. The summed E-state index contributed by atoms with van der Waals surface area (Å²) in [5, 5.41) is 12.1. The maximum Gasteiger partial charge on any atom is 0.536 e. The summed E-state index contributed by atoms with van der Waals surface area (Å²) in [6.45, 7) is 0. The number of ether oxygens (including phenoxy) is 2. The minimum Gasteiger partial charge on any atom is -0.508 e. The van der Waals surface area contributed by atoms with Crippen molar-refractivity contribution in [2.45, 2.75) is 5.60 Å². The highest BCUT2D eigenvalue weighted by Gasteiger charge is 2.54. The zero-order valence-corrected chi connectivity index (χ0v) is 24.3. The molecule has 47 heavy (non-hydrogen) atoms. The van der Waals surface area contributed by atoms with Crippen LogP contribution in [0.4, 0.5) is 27.6 Å². The smallest absolute Gasteiger partial charge is 0.508 e. The number of phosphoric ester groups is 1. The summed E-state index contributed by atoms with van der Waals surface area (Å²) in [5.74, 6) is -15.8. The van der Waals surface area contributed by atoms with Crippen LogP contribution < -0.4 is 14.6 Å². The SMILES string of the molecule is O=C1OC2(c3ccc(O)cc3Oc3cc(OP(=O)(O)OP(=O)(O)O)ccc32)c2ccc(NC(=O)c3c(F)c(F)c(F)c(F)c3F)cc21. The van der Waals surface area contributed by atoms with Crippen molar-refractivity contribution in [1.29, 1.82) is 0 Å². The third-order valence-electron chi connectivity index (χ3n) is 6.89. The first-order valence-electron chi connectivity index (χ1n) is 12.6. The number of phenolic OH excluding ortho intramolecular Hbond substituents is 1. The summed E-state index contributed by atoms with van der Waals surface area (Å²) in [7, 11) is -10.9. The monoisotopic (exact) mass is 701 g/mol. The van der Waals surface area contributed by atoms with Gasteiger partial charge in [0.15, 0.2) is 28.9 Å². The summed E-state index contributed by atoms with van der Waals surface area (Å²) in [5.41, 5.74) is -3.96. The quantitative estimate of drug-likeness (QED) is 0.0558. The number of aromatic hydroxyl groups is 1. The second-order valence-corrected chi connectivity index (χ2v) is 12.6. The molecule has 0 fully saturated rings. The number of esters is 1. The molecule has 4 aromatic rings. The molecule has 4 aromatic carbocycles. The number of phosphoric acid groups is 2. The van der Waals surface area contributed by atoms with Crippen molar-refractivity contribution in [1.82, 2.24) is 0 Å². The van der Waals surface area contributed by atoms with Crippen LogP contribution in [0.5, 0.6) is 23.0 Å². The van der Waals surface area contributed by atoms with E-state index in [4.69, 9.17) is 23.8 Å². The molecule has 0 saturated heterocycles. The number of halogens is 5. The molecule has 13 nitrogen and oxygen atoms in total. The van der Waals surface area contributed by atoms with Gasteiger partial charge in [0, 0.05) is 34.5 Å². The van der Waals surface area contributed by atoms with Gasteiger partial charge >= 0.3 is 21.6 Å². The number of amides is 1. The number of fused-ring (bicyclic) bond motifs is 6. The Balaban J connectivity index is 1.43. The van der Waals surface area contributed by atoms with Gasteiger partial charge < -0.3 is 34.2 Å². The first-order chi connectivity index (χ1) is 21.9. The van der Waals surface area contributed by atoms with E-state index >= 15 is 0 Å². The molecule has 0 saturated carbocycles. The van der Waals surface area contributed by atoms with Gasteiger partial charge in [-0.15, -0.1) is 0 Å². The predicted octanol–water partition coefficient (Wildman–Crippen LogP) is 5.50. The van der Waals surface area contributed by atoms with Crippen molar-refractivity contribution in [3.63, 3.8) is 0 Å². The number of benzene rings is 4. The first kappa shape index (κ1) is 32.1. The van der Waals surface area contributed by atoms with Crippen LogP contribution >= 0.6 is 15.6 Å². The second kappa shape index (κ2) is 10.9. The van der Waals surface area contributed by atoms with Crippen LogP contribution in [-0.4, -0.2) is 31.7 Å². The van der Waals surface area contributed by atoms with Crippen molar-refractivity contribution in [3.05, 3.63) is 112 Å². The van der Waals surface area contributed by atoms with Gasteiger partial charge in [0.25, 0.3) is 5.91 Å². The largest absolute Gasteiger partial charge is 0.536 e. The van der Waals surface area contributed by atoms with Gasteiger partial charge in [0.05, 0.1) is 5.56 Å². The molecule has 1 spiro atoms. The molecule has 2 aliphatic rings. The lowest BCUT2D eigenvalue weighted by Gasteiger charge is -2.36. The van der Waals surface area contributed by atoms with Crippen molar-refractivity contribution in [2.24, 2.45) is 0 Å². The fraction of sp³-hybridized carbons (Fsp3) is 0.0370. The van der Waals surface area contributed by atoms with Crippen molar-refractivity contribution < 1.29 is 78.8 Å². The fourth-order valence-electron chi connectivity index (χ4n) is 5.11. The van der Waals surface area contributed by atoms with Crippen LogP contribution in [0.15, 0.2) is 54.6 Å². The van der Waals surface area contributed by atoms with E-state index in [9.17, 15) is 50.7 Å². The highest BCUT2D eigenvalue weighted by atomic mass is 31.3. The third kappa shape index (κ3) is 5.40. The number of hydrogen-bond acceptors (Lipinski definition) is 9. The van der Waals surface area contributed by atoms with Gasteiger partial charge in [-0.05, 0) is 36.4 Å². The van der Waals surface area contributed by atoms with Gasteiger partial charge in [-0.25, -0.2) is 35.9 Å². The number of nitrogens with one attached hydrogen (secondary N) is 1. The Kier molecular flexibility index (Phi) is 7.43. The minimum absolute atomic E-state index is 0.0528. The summed E-state index contributed by atoms with van der Waals surface area (Å²) < 4.78 is 113. The standard InChI is InChI=1S/C27H14F5NO12P2/c28-20-19(21(29)23(31)24(32)22(20)30)25(35)33-10-1-4-14-13(7-10)26(36)43-27(14)15-5-2-11(34)8-17(15)42-18-9-12(3-6-16(18)27)44-47(40,41)45-46(37,38)39/h1-9,34H,(H,33,35)(H,40,41)(H2,37,38,39). The average Bonchev–Trinajstić information content (AvgIpc) is 3.25. The molecule has 0 aromatic heterocycles. The number of carbonyl (C=O) groups excluding carboxylic acids is 2. The lowest BCUT2D eigenvalue weighted by atomic mass is 9.77. The molecular formula is C27H14F5NO12P2. The maximum atomic E-state index is 14.2. The van der Waals surface area contributed by atoms with Crippen LogP contribution in [0.2, 0.25) is 0 Å². The van der Waals surface area contributed by atoms with Gasteiger partial charge in [-0.3, -0.25) is 9.69 Å². The lowest BCUT2D eigenvalue weighted by molar-refractivity contribution is 0.0224. The molecule has 244 valence electrons. The van der Waals surface area contributed by atoms with Crippen molar-refractivity contribution >= 4 is 33.2 Å². The highest BCUT2D eigenvalue weighted by molar-refractivity contribution is 7.60. The average molecular weight is 701 g/mol. The van der Waals surface area contributed by atoms with E-state index in [0.29, 0.717) is 0 Å². The molecule has 2 aliphatic heterocycles. The van der Waals surface area contributed by atoms with Gasteiger partial charge in [-0.1, -0.05) is 6.07 Å². The predicted molar refractivity (Wildman–Crippen MR) is 144 cm³/mol. The van der Waals surface area contributed by atoms with Crippen LogP contribution in [0, 0.1) is 29.1 Å². The van der Waals surface area contributed by atoms with E-state index in [2.05, 4.69) is 4.31 Å². The zero-order valence-electron chi connectivity index (χ0n) is 22.5. The number of carbonyl (C=O) groups is 2. The Labute approximate surface area is 257 Å². The highest BCUT2D eigenvalue weighted by Crippen LogP contribution is 2.60. The molecule has 5 N–H and O–H groups in total. The molecule has 2 unspecified atom stereocenters. The Morgan fingerprint density at radius 2 is 1.36 bits per heavy atom. The topological polar surface area (TPSA) is 198 Å². The number of phenols is 1. The molecule has 0 aliphatic carbocycles. The summed E-state index contributed by atoms with van der Waals surface area (Å²) >= 11 is 0. The fourth-order valence-corrected chi connectivity index (χ4v) is 6.70. The lowest BCUT2D eigenvalue weighted by Crippen LogP contribution is -2.33. The Morgan fingerprint density at radius 1 is 0.787 bits per heavy atom. The summed E-state index contributed by atoms with van der Waals surface area (Å²) in [6, 6.07) is 10.3. The maximum absolute atomic E-state index is 14.2. The van der Waals surface area contributed by atoms with E-state index in [1.54, 1.807) is 0 Å². The molecule has 6 rings (SSSR count). The molecule has 1 amide bonds. The molecule has 20 heteroatoms. The van der Waals surface area contributed by atoms with Crippen LogP contribution in [0.1, 0.15) is 37.4 Å². The van der Waals surface area contributed by atoms with E-state index in [1.165, 1.54) is 24.3 Å². The minimum atomic E-state index is -5.47. The second-order valence-electron chi connectivity index (χ2n) is 9.80. The van der Waals surface area contributed by atoms with E-state index < -0.39 is 73.5 Å². The first-order valence-corrected chi connectivity index (χ1v) is 15.6. The zero-order chi connectivity index (χ0) is 34.2. The Bertz CT molecular complexity index is 2130. The summed E-state index contributed by atoms with van der Waals surface area (Å²) in [6.07, 6.45) is 0. The van der Waals surface area contributed by atoms with Crippen LogP contribution in [0.3, 0.4) is 0 Å². The Hall–Kier alpha value is -4.83. The normalized spacial score (nSPS) is 17.6. The van der Waals surface area contributed by atoms with E-state index in [0.717, 1.165) is 30.3 Å². The van der Waals surface area contributed by atoms with Gasteiger partial charge in [-0.2, -0.15) is 4.31 Å². The molecule has 0 bridgehead atoms. The summed E-state index contributed by atoms with van der Waals surface area (Å²) in [4.78, 5) is 53.4. The number of hydrogen-bond donors (Lipinski definition) is 5. The van der Waals surface area contributed by atoms with E-state index in [-0.39, 0.29) is 45.2 Å². The van der Waals surface area contributed by atoms with Crippen molar-refractivity contribution in [3.8, 4) is 23.0 Å². The molecule has 0 radical (unpaired) electrons.